The van der Waals surface area contributed by atoms with Gasteiger partial charge in [0.05, 0.1) is 24.6 Å². The Kier molecular flexibility index (Phi) is 8.13. The largest absolute Gasteiger partial charge is 0.497 e. The molecule has 3 rings (SSSR count). The van der Waals surface area contributed by atoms with Crippen molar-refractivity contribution in [2.45, 2.75) is 31.3 Å². The summed E-state index contributed by atoms with van der Waals surface area (Å²) in [5, 5.41) is 3.38. The topological polar surface area (TPSA) is 75.7 Å². The first-order valence-corrected chi connectivity index (χ1v) is 12.3. The number of rotatable bonds is 9. The van der Waals surface area contributed by atoms with Crippen molar-refractivity contribution in [3.05, 3.63) is 94.5 Å². The highest BCUT2D eigenvalue weighted by Crippen LogP contribution is 2.21. The Labute approximate surface area is 200 Å². The third-order valence-electron chi connectivity index (χ3n) is 5.22. The minimum Gasteiger partial charge on any atom is -0.497 e. The number of carbonyl (C=O) groups is 1. The molecule has 0 unspecified atom stereocenters. The fraction of sp³-hybridized carbons (Fsp3) is 0.240. The number of amides is 1. The first kappa shape index (κ1) is 24.8. The van der Waals surface area contributed by atoms with Gasteiger partial charge in [0.25, 0.3) is 0 Å². The van der Waals surface area contributed by atoms with E-state index in [2.05, 4.69) is 5.32 Å². The van der Waals surface area contributed by atoms with Crippen molar-refractivity contribution in [1.82, 2.24) is 9.62 Å². The number of methoxy groups -OCH3 is 1. The van der Waals surface area contributed by atoms with Crippen molar-refractivity contribution >= 4 is 27.5 Å². The molecular formula is C25H27ClN2O4S. The number of benzene rings is 3. The van der Waals surface area contributed by atoms with E-state index >= 15 is 0 Å². The highest BCUT2D eigenvalue weighted by molar-refractivity contribution is 7.89. The van der Waals surface area contributed by atoms with E-state index in [0.29, 0.717) is 16.3 Å². The summed E-state index contributed by atoms with van der Waals surface area (Å²) < 4.78 is 33.1. The Hall–Kier alpha value is -2.87. The minimum atomic E-state index is -3.92. The van der Waals surface area contributed by atoms with E-state index in [1.807, 2.05) is 38.1 Å². The summed E-state index contributed by atoms with van der Waals surface area (Å²) in [5.74, 6) is 0.310. The second-order valence-electron chi connectivity index (χ2n) is 7.78. The second kappa shape index (κ2) is 10.8. The Morgan fingerprint density at radius 1 is 1.06 bits per heavy atom. The predicted octanol–water partition coefficient (Wildman–Crippen LogP) is 4.73. The number of ether oxygens (including phenoxy) is 1. The molecule has 1 amide bonds. The molecule has 0 saturated carbocycles. The number of hydrogen-bond acceptors (Lipinski definition) is 4. The van der Waals surface area contributed by atoms with Crippen molar-refractivity contribution in [2.24, 2.45) is 0 Å². The van der Waals surface area contributed by atoms with Gasteiger partial charge in [-0.2, -0.15) is 4.31 Å². The third-order valence-corrected chi connectivity index (χ3v) is 7.26. The van der Waals surface area contributed by atoms with Crippen molar-refractivity contribution in [3.63, 3.8) is 0 Å². The van der Waals surface area contributed by atoms with Crippen LogP contribution < -0.4 is 10.1 Å². The van der Waals surface area contributed by atoms with Crippen LogP contribution in [0.4, 0.5) is 0 Å². The van der Waals surface area contributed by atoms with Gasteiger partial charge in [-0.25, -0.2) is 8.42 Å². The maximum atomic E-state index is 13.4. The van der Waals surface area contributed by atoms with E-state index in [-0.39, 0.29) is 24.0 Å². The normalized spacial score (nSPS) is 12.4. The average molecular weight is 487 g/mol. The lowest BCUT2D eigenvalue weighted by Gasteiger charge is -2.23. The lowest BCUT2D eigenvalue weighted by atomic mass is 10.1. The van der Waals surface area contributed by atoms with Gasteiger partial charge in [0.15, 0.2) is 0 Å². The van der Waals surface area contributed by atoms with E-state index in [1.54, 1.807) is 55.6 Å². The average Bonchev–Trinajstić information content (AvgIpc) is 2.79. The number of nitrogens with zero attached hydrogens (tertiary/aromatic N) is 1. The third kappa shape index (κ3) is 6.57. The van der Waals surface area contributed by atoms with E-state index in [0.717, 1.165) is 11.1 Å². The van der Waals surface area contributed by atoms with Crippen LogP contribution >= 0.6 is 11.6 Å². The van der Waals surface area contributed by atoms with E-state index in [4.69, 9.17) is 16.3 Å². The summed E-state index contributed by atoms with van der Waals surface area (Å²) >= 11 is 6.08. The second-order valence-corrected chi connectivity index (χ2v) is 10.2. The van der Waals surface area contributed by atoms with Gasteiger partial charge >= 0.3 is 0 Å². The lowest BCUT2D eigenvalue weighted by Crippen LogP contribution is -2.41. The van der Waals surface area contributed by atoms with Crippen LogP contribution in [0.15, 0.2) is 77.7 Å². The van der Waals surface area contributed by atoms with Crippen molar-refractivity contribution in [3.8, 4) is 5.75 Å². The van der Waals surface area contributed by atoms with E-state index in [1.165, 1.54) is 4.31 Å². The molecular weight excluding hydrogens is 460 g/mol. The molecule has 0 spiro atoms. The zero-order chi connectivity index (χ0) is 24.0. The highest BCUT2D eigenvalue weighted by atomic mass is 35.5. The van der Waals surface area contributed by atoms with Gasteiger partial charge in [-0.05, 0) is 61.4 Å². The zero-order valence-electron chi connectivity index (χ0n) is 18.8. The predicted molar refractivity (Wildman–Crippen MR) is 130 cm³/mol. The Balaban J connectivity index is 1.82. The fourth-order valence-corrected chi connectivity index (χ4v) is 4.94. The molecule has 0 aliphatic rings. The maximum Gasteiger partial charge on any atom is 0.243 e. The van der Waals surface area contributed by atoms with Gasteiger partial charge in [-0.15, -0.1) is 0 Å². The van der Waals surface area contributed by atoms with Gasteiger partial charge in [-0.3, -0.25) is 4.79 Å². The molecule has 1 N–H and O–H groups in total. The number of halogens is 1. The first-order chi connectivity index (χ1) is 15.7. The summed E-state index contributed by atoms with van der Waals surface area (Å²) in [6.07, 6.45) is 0. The summed E-state index contributed by atoms with van der Waals surface area (Å²) in [7, 11) is -2.33. The van der Waals surface area contributed by atoms with E-state index < -0.39 is 15.9 Å². The number of aryl methyl sites for hydroxylation is 1. The van der Waals surface area contributed by atoms with Crippen LogP contribution in [0, 0.1) is 6.92 Å². The number of carbonyl (C=O) groups excluding carboxylic acids is 1. The molecule has 6 nitrogen and oxygen atoms in total. The van der Waals surface area contributed by atoms with Gasteiger partial charge in [-0.1, -0.05) is 53.6 Å². The SMILES string of the molecule is COc1ccc([C@@H](C)NC(=O)CN(Cc2cccc(Cl)c2)S(=O)(=O)c2ccc(C)cc2)cc1. The molecule has 0 saturated heterocycles. The molecule has 0 aliphatic heterocycles. The minimum absolute atomic E-state index is 0.0150. The Morgan fingerprint density at radius 2 is 1.73 bits per heavy atom. The van der Waals surface area contributed by atoms with Crippen LogP contribution in [0.5, 0.6) is 5.75 Å². The molecule has 0 radical (unpaired) electrons. The van der Waals surface area contributed by atoms with Crippen LogP contribution in [0.25, 0.3) is 0 Å². The van der Waals surface area contributed by atoms with E-state index in [9.17, 15) is 13.2 Å². The maximum absolute atomic E-state index is 13.4. The number of sulfonamides is 1. The zero-order valence-corrected chi connectivity index (χ0v) is 20.4. The molecule has 1 atom stereocenters. The quantitative estimate of drug-likeness (QED) is 0.474. The molecule has 0 aromatic heterocycles. The molecule has 3 aromatic rings. The molecule has 0 heterocycles. The number of hydrogen-bond donors (Lipinski definition) is 1. The monoisotopic (exact) mass is 486 g/mol. The van der Waals surface area contributed by atoms with Gasteiger partial charge in [0.2, 0.25) is 15.9 Å². The summed E-state index contributed by atoms with van der Waals surface area (Å²) in [4.78, 5) is 13.0. The smallest absolute Gasteiger partial charge is 0.243 e. The molecule has 0 aliphatic carbocycles. The van der Waals surface area contributed by atoms with Crippen LogP contribution in [-0.4, -0.2) is 32.3 Å². The Morgan fingerprint density at radius 3 is 2.33 bits per heavy atom. The highest BCUT2D eigenvalue weighted by Gasteiger charge is 2.27. The molecule has 8 heteroatoms. The molecule has 174 valence electrons. The molecule has 33 heavy (non-hydrogen) atoms. The van der Waals surface area contributed by atoms with Crippen LogP contribution in [0.3, 0.4) is 0 Å². The Bertz CT molecular complexity index is 1200. The molecule has 0 fully saturated rings. The number of nitrogens with one attached hydrogen (secondary N) is 1. The van der Waals surface area contributed by atoms with Gasteiger partial charge in [0.1, 0.15) is 5.75 Å². The van der Waals surface area contributed by atoms with Gasteiger partial charge < -0.3 is 10.1 Å². The van der Waals surface area contributed by atoms with Crippen molar-refractivity contribution in [2.75, 3.05) is 13.7 Å². The molecule has 0 bridgehead atoms. The first-order valence-electron chi connectivity index (χ1n) is 10.4. The summed E-state index contributed by atoms with van der Waals surface area (Å²) in [6.45, 7) is 3.41. The standard InChI is InChI=1S/C25H27ClN2O4S/c1-18-7-13-24(14-8-18)33(30,31)28(16-20-5-4-6-22(26)15-20)17-25(29)27-19(2)21-9-11-23(32-3)12-10-21/h4-15,19H,16-17H2,1-3H3,(H,27,29)/t19-/m1/s1. The van der Waals surface area contributed by atoms with Crippen molar-refractivity contribution < 1.29 is 17.9 Å². The van der Waals surface area contributed by atoms with Crippen LogP contribution in [0.2, 0.25) is 5.02 Å². The van der Waals surface area contributed by atoms with Gasteiger partial charge in [0, 0.05) is 11.6 Å². The lowest BCUT2D eigenvalue weighted by molar-refractivity contribution is -0.122. The molecule has 3 aromatic carbocycles. The van der Waals surface area contributed by atoms with Crippen LogP contribution in [0.1, 0.15) is 29.7 Å². The van der Waals surface area contributed by atoms with Crippen LogP contribution in [-0.2, 0) is 21.4 Å². The summed E-state index contributed by atoms with van der Waals surface area (Å²) in [6, 6.07) is 20.5. The van der Waals surface area contributed by atoms with Crippen molar-refractivity contribution in [1.29, 1.82) is 0 Å². The fourth-order valence-electron chi connectivity index (χ4n) is 3.35. The summed E-state index contributed by atoms with van der Waals surface area (Å²) in [5.41, 5.74) is 2.52.